The van der Waals surface area contributed by atoms with Gasteiger partial charge < -0.3 is 11.1 Å². The van der Waals surface area contributed by atoms with Gasteiger partial charge in [-0.05, 0) is 12.1 Å². The highest BCUT2D eigenvalue weighted by Gasteiger charge is 2.32. The number of nitro benzene ring substituents is 1. The van der Waals surface area contributed by atoms with Crippen molar-refractivity contribution in [3.63, 3.8) is 0 Å². The number of halogens is 3. The van der Waals surface area contributed by atoms with E-state index in [0.717, 1.165) is 6.07 Å². The van der Waals surface area contributed by atoms with E-state index < -0.39 is 34.8 Å². The minimum Gasteiger partial charge on any atom is -0.371 e. The van der Waals surface area contributed by atoms with E-state index in [4.69, 9.17) is 5.73 Å². The van der Waals surface area contributed by atoms with E-state index in [1.807, 2.05) is 0 Å². The average molecular weight is 263 g/mol. The summed E-state index contributed by atoms with van der Waals surface area (Å²) < 4.78 is 37.1. The van der Waals surface area contributed by atoms with E-state index in [2.05, 4.69) is 5.32 Å². The second-order valence-electron chi connectivity index (χ2n) is 3.31. The van der Waals surface area contributed by atoms with Crippen molar-refractivity contribution in [1.29, 1.82) is 0 Å². The van der Waals surface area contributed by atoms with Crippen molar-refractivity contribution in [3.05, 3.63) is 33.9 Å². The molecule has 6 nitrogen and oxygen atoms in total. The minimum atomic E-state index is -4.67. The van der Waals surface area contributed by atoms with Crippen molar-refractivity contribution in [2.75, 3.05) is 11.9 Å². The van der Waals surface area contributed by atoms with Crippen LogP contribution in [0.15, 0.2) is 18.2 Å². The van der Waals surface area contributed by atoms with Crippen molar-refractivity contribution in [1.82, 2.24) is 0 Å². The molecule has 0 saturated heterocycles. The molecule has 3 N–H and O–H groups in total. The Hall–Kier alpha value is -2.32. The van der Waals surface area contributed by atoms with Gasteiger partial charge in [0.05, 0.1) is 17.0 Å². The van der Waals surface area contributed by atoms with Crippen molar-refractivity contribution in [2.45, 2.75) is 6.18 Å². The number of carbonyl (C=O) groups excluding carboxylic acids is 1. The number of anilines is 1. The third-order valence-corrected chi connectivity index (χ3v) is 1.97. The molecule has 0 unspecified atom stereocenters. The van der Waals surface area contributed by atoms with Crippen LogP contribution in [0.1, 0.15) is 5.56 Å². The van der Waals surface area contributed by atoms with Gasteiger partial charge in [0.1, 0.15) is 5.69 Å². The van der Waals surface area contributed by atoms with Gasteiger partial charge in [-0.2, -0.15) is 13.2 Å². The smallest absolute Gasteiger partial charge is 0.371 e. The summed E-state index contributed by atoms with van der Waals surface area (Å²) in [6.45, 7) is -0.411. The van der Waals surface area contributed by atoms with Gasteiger partial charge in [-0.15, -0.1) is 0 Å². The van der Waals surface area contributed by atoms with Crippen LogP contribution in [0.2, 0.25) is 0 Å². The van der Waals surface area contributed by atoms with E-state index in [1.54, 1.807) is 0 Å². The highest BCUT2D eigenvalue weighted by atomic mass is 19.4. The zero-order valence-electron chi connectivity index (χ0n) is 8.82. The number of nitro groups is 1. The number of carbonyl (C=O) groups is 1. The van der Waals surface area contributed by atoms with Gasteiger partial charge >= 0.3 is 6.18 Å². The zero-order chi connectivity index (χ0) is 13.9. The molecule has 98 valence electrons. The Balaban J connectivity index is 3.13. The van der Waals surface area contributed by atoms with Crippen LogP contribution >= 0.6 is 0 Å². The Bertz CT molecular complexity index is 488. The third kappa shape index (κ3) is 3.34. The van der Waals surface area contributed by atoms with Crippen LogP contribution in [0.3, 0.4) is 0 Å². The Labute approximate surface area is 98.7 Å². The number of hydrogen-bond donors (Lipinski definition) is 2. The lowest BCUT2D eigenvalue weighted by Crippen LogP contribution is -2.22. The summed E-state index contributed by atoms with van der Waals surface area (Å²) in [7, 11) is 0. The van der Waals surface area contributed by atoms with E-state index in [1.165, 1.54) is 0 Å². The summed E-state index contributed by atoms with van der Waals surface area (Å²) in [5.74, 6) is -0.788. The Morgan fingerprint density at radius 2 is 2.06 bits per heavy atom. The zero-order valence-corrected chi connectivity index (χ0v) is 8.82. The summed E-state index contributed by atoms with van der Waals surface area (Å²) in [6, 6.07) is 1.95. The standard InChI is InChI=1S/C9H8F3N3O3/c10-9(11,12)5-1-2-6(14-4-8(13)16)7(3-5)15(17)18/h1-3,14H,4H2,(H2,13,16). The predicted octanol–water partition coefficient (Wildman–Crippen LogP) is 1.51. The van der Waals surface area contributed by atoms with Crippen LogP contribution in [0.4, 0.5) is 24.5 Å². The maximum Gasteiger partial charge on any atom is 0.416 e. The van der Waals surface area contributed by atoms with Crippen LogP contribution in [0.25, 0.3) is 0 Å². The molecule has 0 fully saturated rings. The molecule has 0 atom stereocenters. The molecular weight excluding hydrogens is 255 g/mol. The first-order chi connectivity index (χ1) is 8.21. The third-order valence-electron chi connectivity index (χ3n) is 1.97. The molecule has 0 bridgehead atoms. The predicted molar refractivity (Wildman–Crippen MR) is 55.8 cm³/mol. The highest BCUT2D eigenvalue weighted by molar-refractivity contribution is 5.80. The number of alkyl halides is 3. The summed E-state index contributed by atoms with van der Waals surface area (Å²) in [5.41, 5.74) is 2.70. The largest absolute Gasteiger partial charge is 0.416 e. The van der Waals surface area contributed by atoms with Crippen molar-refractivity contribution in [3.8, 4) is 0 Å². The minimum absolute atomic E-state index is 0.202. The Morgan fingerprint density at radius 1 is 1.44 bits per heavy atom. The summed E-state index contributed by atoms with van der Waals surface area (Å²) in [4.78, 5) is 20.1. The molecule has 0 aliphatic rings. The second kappa shape index (κ2) is 4.90. The monoisotopic (exact) mass is 263 g/mol. The molecule has 18 heavy (non-hydrogen) atoms. The molecule has 0 aromatic heterocycles. The van der Waals surface area contributed by atoms with Crippen molar-refractivity contribution < 1.29 is 22.9 Å². The lowest BCUT2D eigenvalue weighted by Gasteiger charge is -2.09. The number of primary amides is 1. The number of nitrogens with two attached hydrogens (primary N) is 1. The average Bonchev–Trinajstić information content (AvgIpc) is 2.24. The van der Waals surface area contributed by atoms with Gasteiger partial charge in [0, 0.05) is 6.07 Å². The number of amides is 1. The number of rotatable bonds is 4. The van der Waals surface area contributed by atoms with Crippen LogP contribution < -0.4 is 11.1 Å². The fourth-order valence-electron chi connectivity index (χ4n) is 1.19. The summed E-state index contributed by atoms with van der Waals surface area (Å²) in [5, 5.41) is 12.9. The van der Waals surface area contributed by atoms with Crippen LogP contribution in [0.5, 0.6) is 0 Å². The molecule has 1 rings (SSSR count). The molecule has 1 aromatic rings. The Morgan fingerprint density at radius 3 is 2.50 bits per heavy atom. The van der Waals surface area contributed by atoms with E-state index in [-0.39, 0.29) is 5.69 Å². The van der Waals surface area contributed by atoms with Gasteiger partial charge in [-0.3, -0.25) is 14.9 Å². The van der Waals surface area contributed by atoms with E-state index in [0.29, 0.717) is 12.1 Å². The first-order valence-corrected chi connectivity index (χ1v) is 4.59. The van der Waals surface area contributed by atoms with E-state index in [9.17, 15) is 28.1 Å². The highest BCUT2D eigenvalue weighted by Crippen LogP contribution is 2.34. The fraction of sp³-hybridized carbons (Fsp3) is 0.222. The quantitative estimate of drug-likeness (QED) is 0.635. The first kappa shape index (κ1) is 13.7. The van der Waals surface area contributed by atoms with Gasteiger partial charge in [0.2, 0.25) is 5.91 Å². The SMILES string of the molecule is NC(=O)CNc1ccc(C(F)(F)F)cc1[N+](=O)[O-]. The molecule has 9 heteroatoms. The van der Waals surface area contributed by atoms with Crippen LogP contribution in [0, 0.1) is 10.1 Å². The maximum absolute atomic E-state index is 12.4. The van der Waals surface area contributed by atoms with Crippen molar-refractivity contribution >= 4 is 17.3 Å². The lowest BCUT2D eigenvalue weighted by atomic mass is 10.1. The molecule has 0 aliphatic heterocycles. The van der Waals surface area contributed by atoms with Crippen LogP contribution in [-0.2, 0) is 11.0 Å². The normalized spacial score (nSPS) is 11.1. The van der Waals surface area contributed by atoms with Crippen molar-refractivity contribution in [2.24, 2.45) is 5.73 Å². The molecule has 0 aliphatic carbocycles. The molecule has 1 amide bonds. The molecule has 0 spiro atoms. The maximum atomic E-state index is 12.4. The number of nitrogens with one attached hydrogen (secondary N) is 1. The Kier molecular flexibility index (Phi) is 3.74. The molecule has 0 heterocycles. The van der Waals surface area contributed by atoms with Crippen LogP contribution in [-0.4, -0.2) is 17.4 Å². The summed E-state index contributed by atoms with van der Waals surface area (Å²) >= 11 is 0. The topological polar surface area (TPSA) is 98.3 Å². The molecular formula is C9H8F3N3O3. The summed E-state index contributed by atoms with van der Waals surface area (Å²) in [6.07, 6.45) is -4.67. The molecule has 0 saturated carbocycles. The molecule has 1 aromatic carbocycles. The number of hydrogen-bond acceptors (Lipinski definition) is 4. The second-order valence-corrected chi connectivity index (χ2v) is 3.31. The van der Waals surface area contributed by atoms with Gasteiger partial charge in [-0.1, -0.05) is 0 Å². The molecule has 0 radical (unpaired) electrons. The van der Waals surface area contributed by atoms with Gasteiger partial charge in [0.15, 0.2) is 0 Å². The first-order valence-electron chi connectivity index (χ1n) is 4.59. The lowest BCUT2D eigenvalue weighted by molar-refractivity contribution is -0.384. The fourth-order valence-corrected chi connectivity index (χ4v) is 1.19. The number of benzene rings is 1. The van der Waals surface area contributed by atoms with E-state index >= 15 is 0 Å². The van der Waals surface area contributed by atoms with Gasteiger partial charge in [-0.25, -0.2) is 0 Å². The van der Waals surface area contributed by atoms with Gasteiger partial charge in [0.25, 0.3) is 5.69 Å². The number of nitrogens with zero attached hydrogens (tertiary/aromatic N) is 1.